The minimum absolute atomic E-state index is 0.0654. The molecule has 6 aliphatic rings. The lowest BCUT2D eigenvalue weighted by molar-refractivity contribution is -0.390. The molecular weight excluding hydrogens is 961 g/mol. The molecular formula is C42H43Cl2F8N3O12. The number of benzene rings is 2. The lowest BCUT2D eigenvalue weighted by Crippen LogP contribution is -2.75. The van der Waals surface area contributed by atoms with Crippen molar-refractivity contribution in [2.24, 2.45) is 22.7 Å². The van der Waals surface area contributed by atoms with Crippen LogP contribution in [0.4, 0.5) is 45.6 Å². The van der Waals surface area contributed by atoms with Crippen molar-refractivity contribution in [3.8, 4) is 5.75 Å². The largest absolute Gasteiger partial charge is 0.451 e. The van der Waals surface area contributed by atoms with E-state index in [9.17, 15) is 80.1 Å². The molecule has 1 unspecified atom stereocenters. The molecule has 25 heteroatoms. The molecule has 2 aromatic carbocycles. The van der Waals surface area contributed by atoms with Crippen LogP contribution in [0.3, 0.4) is 0 Å². The number of hydrogen-bond acceptors (Lipinski definition) is 12. The van der Waals surface area contributed by atoms with Gasteiger partial charge in [-0.05, 0) is 61.9 Å². The Labute approximate surface area is 384 Å². The van der Waals surface area contributed by atoms with Crippen LogP contribution in [0, 0.1) is 34.3 Å². The number of alkyl halides is 6. The molecule has 2 saturated heterocycles. The van der Waals surface area contributed by atoms with Gasteiger partial charge in [-0.1, -0.05) is 57.0 Å². The van der Waals surface area contributed by atoms with Crippen molar-refractivity contribution in [2.45, 2.75) is 118 Å². The van der Waals surface area contributed by atoms with E-state index < -0.39 is 144 Å². The van der Waals surface area contributed by atoms with Crippen molar-refractivity contribution in [1.82, 2.24) is 10.3 Å². The van der Waals surface area contributed by atoms with E-state index in [-0.39, 0.29) is 18.5 Å². The molecule has 9 rings (SSSR count). The summed E-state index contributed by atoms with van der Waals surface area (Å²) in [7, 11) is 0. The number of imide groups is 1. The molecule has 12 atom stereocenters. The summed E-state index contributed by atoms with van der Waals surface area (Å²) >= 11 is 11.3. The summed E-state index contributed by atoms with van der Waals surface area (Å²) in [6.07, 6.45) is -17.6. The third kappa shape index (κ3) is 6.23. The average Bonchev–Trinajstić information content (AvgIpc) is 3.85. The molecule has 1 spiro atoms. The van der Waals surface area contributed by atoms with E-state index in [1.807, 2.05) is 5.32 Å². The summed E-state index contributed by atoms with van der Waals surface area (Å²) in [5, 5.41) is 75.9. The van der Waals surface area contributed by atoms with Gasteiger partial charge in [0.2, 0.25) is 0 Å². The number of esters is 1. The molecule has 9 N–H and O–H groups in total. The zero-order valence-corrected chi connectivity index (χ0v) is 37.1. The molecule has 4 saturated carbocycles. The van der Waals surface area contributed by atoms with Gasteiger partial charge < -0.3 is 55.2 Å². The van der Waals surface area contributed by atoms with Crippen molar-refractivity contribution in [1.29, 1.82) is 0 Å². The monoisotopic (exact) mass is 1000 g/mol. The number of amides is 3. The topological polar surface area (TPSA) is 240 Å². The number of aliphatic hydroxyl groups is 6. The number of aliphatic hydroxyl groups excluding tert-OH is 1. The molecule has 4 aliphatic carbocycles. The number of rotatable bonds is 8. The Morgan fingerprint density at radius 2 is 1.57 bits per heavy atom. The summed E-state index contributed by atoms with van der Waals surface area (Å²) in [4.78, 5) is 39.6. The summed E-state index contributed by atoms with van der Waals surface area (Å²) in [6, 6.07) is 5.21. The predicted molar refractivity (Wildman–Crippen MR) is 214 cm³/mol. The Morgan fingerprint density at radius 3 is 2.12 bits per heavy atom. The fourth-order valence-corrected chi connectivity index (χ4v) is 12.1. The Kier molecular flexibility index (Phi) is 11.8. The van der Waals surface area contributed by atoms with Gasteiger partial charge >= 0.3 is 24.3 Å². The van der Waals surface area contributed by atoms with Gasteiger partial charge in [-0.15, -0.1) is 0 Å². The van der Waals surface area contributed by atoms with Crippen molar-refractivity contribution >= 4 is 46.8 Å². The van der Waals surface area contributed by atoms with E-state index in [1.54, 1.807) is 32.2 Å². The van der Waals surface area contributed by atoms with E-state index in [1.165, 1.54) is 26.1 Å². The third-order valence-corrected chi connectivity index (χ3v) is 15.4. The van der Waals surface area contributed by atoms with Gasteiger partial charge in [-0.3, -0.25) is 10.1 Å². The lowest BCUT2D eigenvalue weighted by atomic mass is 9.52. The SMILES string of the molecule is CC(C)[C@@]1(O)[C@@H](OC(=O)c2ccc[nH]2)[C@@]2(O)[C@@]3(C)C[C@]4(O)O[C@@]5([C@H](O)[C@@H](C)CC[C@]35O)[C@@]2(O)[C@@]14C.O=C(NC(=O)c1c(F)cccc1F)Nc1cc(Cl)c(OC(F)(F)C(F)C(F)(F)F)cc1Cl. The van der Waals surface area contributed by atoms with Gasteiger partial charge in [0.15, 0.2) is 17.5 Å². The van der Waals surface area contributed by atoms with E-state index in [4.69, 9.17) is 32.7 Å². The average molecular weight is 1000 g/mol. The Hall–Kier alpha value is -4.33. The molecule has 1 aromatic heterocycles. The van der Waals surface area contributed by atoms with Gasteiger partial charge in [-0.2, -0.15) is 22.0 Å². The van der Waals surface area contributed by atoms with Crippen LogP contribution in [0.2, 0.25) is 10.0 Å². The highest BCUT2D eigenvalue weighted by atomic mass is 35.5. The molecule has 6 fully saturated rings. The Morgan fingerprint density at radius 1 is 0.955 bits per heavy atom. The number of aromatic amines is 1. The highest BCUT2D eigenvalue weighted by molar-refractivity contribution is 6.36. The second-order valence-corrected chi connectivity index (χ2v) is 19.1. The number of nitrogens with one attached hydrogen (secondary N) is 3. The van der Waals surface area contributed by atoms with Gasteiger partial charge in [0.25, 0.3) is 12.1 Å². The molecule has 3 heterocycles. The molecule has 0 radical (unpaired) electrons. The summed E-state index contributed by atoms with van der Waals surface area (Å²) in [5.41, 5.74) is -16.8. The quantitative estimate of drug-likeness (QED) is 0.0945. The second kappa shape index (κ2) is 15.6. The van der Waals surface area contributed by atoms with Gasteiger partial charge in [0, 0.05) is 24.1 Å². The van der Waals surface area contributed by atoms with E-state index in [0.29, 0.717) is 18.6 Å². The lowest BCUT2D eigenvalue weighted by Gasteiger charge is -2.60. The number of H-pyrrole nitrogens is 1. The van der Waals surface area contributed by atoms with Crippen LogP contribution in [0.15, 0.2) is 48.7 Å². The fraction of sp³-hybridized carbons (Fsp3) is 0.548. The van der Waals surface area contributed by atoms with Crippen LogP contribution < -0.4 is 15.4 Å². The minimum atomic E-state index is -5.94. The van der Waals surface area contributed by atoms with E-state index in [0.717, 1.165) is 18.2 Å². The maximum Gasteiger partial charge on any atom is 0.439 e. The summed E-state index contributed by atoms with van der Waals surface area (Å²) < 4.78 is 119. The summed E-state index contributed by atoms with van der Waals surface area (Å²) in [5.74, 6) is -9.54. The van der Waals surface area contributed by atoms with E-state index >= 15 is 0 Å². The first-order valence-corrected chi connectivity index (χ1v) is 21.1. The minimum Gasteiger partial charge on any atom is -0.451 e. The Bertz CT molecular complexity index is 2510. The van der Waals surface area contributed by atoms with Crippen molar-refractivity contribution in [2.75, 3.05) is 5.32 Å². The number of halogens is 10. The molecule has 6 bridgehead atoms. The van der Waals surface area contributed by atoms with Crippen LogP contribution in [0.25, 0.3) is 0 Å². The number of urea groups is 1. The van der Waals surface area contributed by atoms with Gasteiger partial charge in [-0.25, -0.2) is 22.8 Å². The first-order valence-electron chi connectivity index (χ1n) is 20.3. The van der Waals surface area contributed by atoms with Gasteiger partial charge in [0.05, 0.1) is 27.3 Å². The maximum absolute atomic E-state index is 13.6. The smallest absolute Gasteiger partial charge is 0.439 e. The highest BCUT2D eigenvalue weighted by Gasteiger charge is 3.10. The zero-order chi connectivity index (χ0) is 50.3. The number of aromatic nitrogens is 1. The van der Waals surface area contributed by atoms with E-state index in [2.05, 4.69) is 9.72 Å². The van der Waals surface area contributed by atoms with Crippen molar-refractivity contribution in [3.05, 3.63) is 81.6 Å². The highest BCUT2D eigenvalue weighted by Crippen LogP contribution is 2.90. The van der Waals surface area contributed by atoms with Crippen LogP contribution in [0.1, 0.15) is 74.7 Å². The molecule has 2 aliphatic heterocycles. The van der Waals surface area contributed by atoms with Crippen molar-refractivity contribution in [3.63, 3.8) is 0 Å². The zero-order valence-electron chi connectivity index (χ0n) is 35.5. The fourth-order valence-electron chi connectivity index (χ4n) is 11.7. The van der Waals surface area contributed by atoms with Crippen LogP contribution in [0.5, 0.6) is 5.75 Å². The first kappa shape index (κ1) is 50.5. The molecule has 368 valence electrons. The number of ether oxygens (including phenoxy) is 3. The molecule has 3 amide bonds. The summed E-state index contributed by atoms with van der Waals surface area (Å²) in [6.45, 7) is 7.91. The number of carbonyl (C=O) groups is 3. The van der Waals surface area contributed by atoms with Crippen LogP contribution in [-0.4, -0.2) is 118 Å². The molecule has 3 aromatic rings. The normalized spacial score (nSPS) is 37.4. The molecule has 67 heavy (non-hydrogen) atoms. The Balaban J connectivity index is 0.000000200. The maximum atomic E-state index is 13.6. The van der Waals surface area contributed by atoms with Crippen LogP contribution >= 0.6 is 23.2 Å². The van der Waals surface area contributed by atoms with Gasteiger partial charge in [0.1, 0.15) is 51.0 Å². The number of carbonyl (C=O) groups excluding carboxylic acids is 3. The number of anilines is 1. The predicted octanol–water partition coefficient (Wildman–Crippen LogP) is 5.92. The second-order valence-electron chi connectivity index (χ2n) is 18.2. The first-order chi connectivity index (χ1) is 30.6. The van der Waals surface area contributed by atoms with Crippen LogP contribution in [-0.2, 0) is 9.47 Å². The third-order valence-electron chi connectivity index (χ3n) is 14.8. The standard InChI is InChI=1S/C25H35NO9.C17H8Cl2F8N2O3/c1-12(2)22(31)17(34-16(28)14-7-6-10-26-14)23(32)18(4)11-21(30)19(22,5)25(23,33)24(35-21)15(27)13(3)8-9-20(18,24)29;18-6-5-11(32-17(26,27)14(22)16(23,24)25)7(19)4-10(6)28-15(31)29-13(30)12-8(20)2-1-3-9(12)21/h6-7,10,12-13,15,17,26-27,29-33H,8-9,11H2,1-5H3;1-5,14H,(H2,28,29,30,31)/t13-,15+,17+,18-,19+,20-,21-,22+,23+,24+,25+;/m0./s1. The molecule has 15 nitrogen and oxygen atoms in total. The van der Waals surface area contributed by atoms with Crippen molar-refractivity contribution < 1.29 is 94.4 Å². The number of hydrogen-bond donors (Lipinski definition) is 9.